The molecular formula is C22H23F5N2O2. The fraction of sp³-hybridized carbons (Fsp3) is 0.409. The Morgan fingerprint density at radius 1 is 1.10 bits per heavy atom. The van der Waals surface area contributed by atoms with E-state index in [1.54, 1.807) is 12.1 Å². The molecule has 0 aliphatic carbocycles. The number of nitrogens with one attached hydrogen (secondary N) is 1. The van der Waals surface area contributed by atoms with Crippen molar-refractivity contribution in [2.45, 2.75) is 37.9 Å². The molecule has 2 aromatic carbocycles. The summed E-state index contributed by atoms with van der Waals surface area (Å²) in [6, 6.07) is 7.96. The molecule has 31 heavy (non-hydrogen) atoms. The number of halogens is 5. The van der Waals surface area contributed by atoms with E-state index in [1.165, 1.54) is 0 Å². The Balaban J connectivity index is 1.91. The minimum absolute atomic E-state index is 0.0844. The molecule has 1 N–H and O–H groups in total. The Bertz CT molecular complexity index is 1000. The number of nitrogens with zero attached hydrogens (tertiary/aromatic N) is 1. The summed E-state index contributed by atoms with van der Waals surface area (Å²) in [6.07, 6.45) is -5.83. The number of hydrogen-bond acceptors (Lipinski definition) is 3. The summed E-state index contributed by atoms with van der Waals surface area (Å²) in [7, 11) is 2.96. The van der Waals surface area contributed by atoms with E-state index in [-0.39, 0.29) is 11.0 Å². The fourth-order valence-electron chi connectivity index (χ4n) is 4.02. The lowest BCUT2D eigenvalue weighted by atomic mass is 9.78. The van der Waals surface area contributed by atoms with Gasteiger partial charge in [-0.05, 0) is 48.5 Å². The predicted octanol–water partition coefficient (Wildman–Crippen LogP) is 5.32. The molecule has 0 aromatic heterocycles. The first kappa shape index (κ1) is 23.0. The molecule has 9 heteroatoms. The van der Waals surface area contributed by atoms with Crippen LogP contribution in [0.15, 0.2) is 36.4 Å². The van der Waals surface area contributed by atoms with Crippen molar-refractivity contribution in [2.75, 3.05) is 26.0 Å². The quantitative estimate of drug-likeness (QED) is 0.652. The van der Waals surface area contributed by atoms with Crippen LogP contribution < -0.4 is 10.1 Å². The summed E-state index contributed by atoms with van der Waals surface area (Å²) in [6.45, 7) is 5.76. The van der Waals surface area contributed by atoms with E-state index >= 15 is 0 Å². The third kappa shape index (κ3) is 4.37. The van der Waals surface area contributed by atoms with Crippen LogP contribution in [0.2, 0.25) is 0 Å². The van der Waals surface area contributed by atoms with E-state index in [2.05, 4.69) is 28.8 Å². The first-order valence-corrected chi connectivity index (χ1v) is 9.52. The Morgan fingerprint density at radius 3 is 2.39 bits per heavy atom. The molecule has 0 fully saturated rings. The van der Waals surface area contributed by atoms with Crippen LogP contribution in [-0.4, -0.2) is 37.7 Å². The Labute approximate surface area is 177 Å². The standard InChI is InChI=1S/C22H23F5N2O2/c1-20(2)12-29(3)11-14-9-15(6-7-16(14)20)28-19(30)13-5-8-18(31-4)17(10-13)21(23,24)22(25,26)27/h5-10H,11-12H2,1-4H3,(H,28,30). The lowest BCUT2D eigenvalue weighted by Crippen LogP contribution is -2.39. The van der Waals surface area contributed by atoms with Gasteiger partial charge in [-0.1, -0.05) is 19.9 Å². The summed E-state index contributed by atoms with van der Waals surface area (Å²) in [5.41, 5.74) is 0.739. The maximum atomic E-state index is 13.9. The van der Waals surface area contributed by atoms with Gasteiger partial charge in [0.25, 0.3) is 5.91 Å². The lowest BCUT2D eigenvalue weighted by Gasteiger charge is -2.38. The number of methoxy groups -OCH3 is 1. The SMILES string of the molecule is COc1ccc(C(=O)Nc2ccc3c(c2)CN(C)CC3(C)C)cc1C(F)(F)C(F)(F)F. The smallest absolute Gasteiger partial charge is 0.458 e. The maximum Gasteiger partial charge on any atom is 0.458 e. The Kier molecular flexibility index (Phi) is 5.77. The third-order valence-corrected chi connectivity index (χ3v) is 5.35. The summed E-state index contributed by atoms with van der Waals surface area (Å²) in [5.74, 6) is -6.63. The molecule has 4 nitrogen and oxygen atoms in total. The highest BCUT2D eigenvalue weighted by Gasteiger charge is 2.60. The van der Waals surface area contributed by atoms with Crippen molar-refractivity contribution in [3.8, 4) is 5.75 Å². The molecule has 0 radical (unpaired) electrons. The van der Waals surface area contributed by atoms with Gasteiger partial charge in [0, 0.05) is 29.8 Å². The van der Waals surface area contributed by atoms with Crippen LogP contribution in [0, 0.1) is 0 Å². The number of carbonyl (C=O) groups excluding carboxylic acids is 1. The number of fused-ring (bicyclic) bond motifs is 1. The van der Waals surface area contributed by atoms with Gasteiger partial charge in [-0.15, -0.1) is 0 Å². The number of hydrogen-bond donors (Lipinski definition) is 1. The zero-order valence-electron chi connectivity index (χ0n) is 17.5. The average Bonchev–Trinajstić information content (AvgIpc) is 2.65. The Morgan fingerprint density at radius 2 is 1.77 bits per heavy atom. The van der Waals surface area contributed by atoms with Crippen LogP contribution in [0.5, 0.6) is 5.75 Å². The van der Waals surface area contributed by atoms with Gasteiger partial charge in [0.1, 0.15) is 5.75 Å². The lowest BCUT2D eigenvalue weighted by molar-refractivity contribution is -0.289. The van der Waals surface area contributed by atoms with Crippen molar-refractivity contribution in [2.24, 2.45) is 0 Å². The van der Waals surface area contributed by atoms with Crippen LogP contribution in [0.4, 0.5) is 27.6 Å². The molecule has 0 saturated carbocycles. The fourth-order valence-corrected chi connectivity index (χ4v) is 4.02. The molecule has 1 heterocycles. The number of amides is 1. The third-order valence-electron chi connectivity index (χ3n) is 5.35. The topological polar surface area (TPSA) is 41.6 Å². The second-order valence-corrected chi connectivity index (χ2v) is 8.37. The second kappa shape index (κ2) is 7.78. The first-order valence-electron chi connectivity index (χ1n) is 9.52. The predicted molar refractivity (Wildman–Crippen MR) is 107 cm³/mol. The van der Waals surface area contributed by atoms with Gasteiger partial charge >= 0.3 is 12.1 Å². The zero-order valence-corrected chi connectivity index (χ0v) is 17.5. The van der Waals surface area contributed by atoms with Gasteiger partial charge in [0.05, 0.1) is 12.7 Å². The highest BCUT2D eigenvalue weighted by Crippen LogP contribution is 2.47. The maximum absolute atomic E-state index is 13.9. The number of likely N-dealkylation sites (N-methyl/N-ethyl adjacent to an activating group) is 1. The number of anilines is 1. The monoisotopic (exact) mass is 442 g/mol. The number of carbonyl (C=O) groups is 1. The number of rotatable bonds is 4. The van der Waals surface area contributed by atoms with Crippen molar-refractivity contribution >= 4 is 11.6 Å². The van der Waals surface area contributed by atoms with Crippen LogP contribution in [0.1, 0.15) is 40.9 Å². The molecule has 2 aromatic rings. The summed E-state index contributed by atoms with van der Waals surface area (Å²) >= 11 is 0. The molecule has 0 saturated heterocycles. The van der Waals surface area contributed by atoms with Crippen molar-refractivity contribution in [3.05, 3.63) is 58.7 Å². The highest BCUT2D eigenvalue weighted by molar-refractivity contribution is 6.04. The van der Waals surface area contributed by atoms with Crippen molar-refractivity contribution in [1.29, 1.82) is 0 Å². The van der Waals surface area contributed by atoms with E-state index < -0.39 is 29.3 Å². The molecular weight excluding hydrogens is 419 g/mol. The van der Waals surface area contributed by atoms with Crippen LogP contribution in [0.3, 0.4) is 0 Å². The van der Waals surface area contributed by atoms with Crippen LogP contribution in [-0.2, 0) is 17.9 Å². The van der Waals surface area contributed by atoms with Crippen molar-refractivity contribution in [1.82, 2.24) is 4.90 Å². The normalized spacial score (nSPS) is 16.5. The van der Waals surface area contributed by atoms with Crippen molar-refractivity contribution in [3.63, 3.8) is 0 Å². The number of alkyl halides is 5. The van der Waals surface area contributed by atoms with Crippen LogP contribution >= 0.6 is 0 Å². The van der Waals surface area contributed by atoms with Gasteiger partial charge < -0.3 is 15.0 Å². The van der Waals surface area contributed by atoms with E-state index in [9.17, 15) is 26.7 Å². The molecule has 1 amide bonds. The molecule has 0 bridgehead atoms. The largest absolute Gasteiger partial charge is 0.496 e. The van der Waals surface area contributed by atoms with Gasteiger partial charge in [-0.2, -0.15) is 22.0 Å². The second-order valence-electron chi connectivity index (χ2n) is 8.37. The molecule has 0 atom stereocenters. The number of ether oxygens (including phenoxy) is 1. The summed E-state index contributed by atoms with van der Waals surface area (Å²) < 4.78 is 71.1. The minimum atomic E-state index is -5.83. The molecule has 0 spiro atoms. The first-order chi connectivity index (χ1) is 14.3. The van der Waals surface area contributed by atoms with Gasteiger partial charge in [-0.3, -0.25) is 4.79 Å². The molecule has 1 aliphatic heterocycles. The Hall–Kier alpha value is -2.68. The van der Waals surface area contributed by atoms with E-state index in [4.69, 9.17) is 0 Å². The van der Waals surface area contributed by atoms with Crippen LogP contribution in [0.25, 0.3) is 0 Å². The summed E-state index contributed by atoms with van der Waals surface area (Å²) in [5, 5.41) is 2.58. The molecule has 3 rings (SSSR count). The van der Waals surface area contributed by atoms with Crippen molar-refractivity contribution < 1.29 is 31.5 Å². The van der Waals surface area contributed by atoms with Gasteiger partial charge in [-0.25, -0.2) is 0 Å². The molecule has 0 unspecified atom stereocenters. The zero-order chi connectivity index (χ0) is 23.2. The molecule has 168 valence electrons. The average molecular weight is 442 g/mol. The number of benzene rings is 2. The minimum Gasteiger partial charge on any atom is -0.496 e. The van der Waals surface area contributed by atoms with Gasteiger partial charge in [0.15, 0.2) is 0 Å². The molecule has 1 aliphatic rings. The van der Waals surface area contributed by atoms with E-state index in [1.807, 2.05) is 13.1 Å². The van der Waals surface area contributed by atoms with Gasteiger partial charge in [0.2, 0.25) is 0 Å². The highest BCUT2D eigenvalue weighted by atomic mass is 19.4. The summed E-state index contributed by atoms with van der Waals surface area (Å²) in [4.78, 5) is 14.8. The van der Waals surface area contributed by atoms with E-state index in [0.29, 0.717) is 18.3 Å². The van der Waals surface area contributed by atoms with E-state index in [0.717, 1.165) is 36.9 Å².